The zero-order valence-electron chi connectivity index (χ0n) is 11.1. The van der Waals surface area contributed by atoms with Crippen LogP contribution in [-0.4, -0.2) is 23.2 Å². The van der Waals surface area contributed by atoms with Crippen LogP contribution >= 0.6 is 0 Å². The van der Waals surface area contributed by atoms with Crippen LogP contribution in [0.1, 0.15) is 24.2 Å². The van der Waals surface area contributed by atoms with Gasteiger partial charge in [-0.3, -0.25) is 0 Å². The average Bonchev–Trinajstić information content (AvgIpc) is 2.78. The molecule has 0 aliphatic rings. The van der Waals surface area contributed by atoms with Crippen molar-refractivity contribution in [2.75, 3.05) is 13.7 Å². The van der Waals surface area contributed by atoms with Crippen LogP contribution in [0.15, 0.2) is 36.8 Å². The summed E-state index contributed by atoms with van der Waals surface area (Å²) in [6, 6.07) is 8.27. The molecule has 4 nitrogen and oxygen atoms in total. The predicted octanol–water partition coefficient (Wildman–Crippen LogP) is 2.13. The number of nitrogens with one attached hydrogen (secondary N) is 1. The lowest BCUT2D eigenvalue weighted by Gasteiger charge is -2.18. The number of aryl methyl sites for hydroxylation is 1. The van der Waals surface area contributed by atoms with Gasteiger partial charge in [0.1, 0.15) is 5.75 Å². The molecule has 0 saturated carbocycles. The maximum absolute atomic E-state index is 5.54. The van der Waals surface area contributed by atoms with Gasteiger partial charge in [0, 0.05) is 7.05 Å². The summed E-state index contributed by atoms with van der Waals surface area (Å²) in [5, 5.41) is 3.31. The van der Waals surface area contributed by atoms with E-state index in [0.717, 1.165) is 11.4 Å². The molecule has 0 saturated heterocycles. The molecule has 96 valence electrons. The largest absolute Gasteiger partial charge is 0.494 e. The van der Waals surface area contributed by atoms with E-state index in [1.54, 1.807) is 0 Å². The van der Waals surface area contributed by atoms with Crippen LogP contribution < -0.4 is 10.1 Å². The molecule has 1 heterocycles. The van der Waals surface area contributed by atoms with Gasteiger partial charge in [-0.2, -0.15) is 0 Å². The Labute approximate surface area is 108 Å². The molecule has 18 heavy (non-hydrogen) atoms. The summed E-state index contributed by atoms with van der Waals surface area (Å²) in [6.45, 7) is 2.67. The van der Waals surface area contributed by atoms with E-state index in [9.17, 15) is 0 Å². The minimum absolute atomic E-state index is 0.123. The lowest BCUT2D eigenvalue weighted by atomic mass is 10.0. The van der Waals surface area contributed by atoms with Crippen molar-refractivity contribution in [3.63, 3.8) is 0 Å². The number of hydrogen-bond acceptors (Lipinski definition) is 3. The van der Waals surface area contributed by atoms with Crippen molar-refractivity contribution < 1.29 is 4.74 Å². The van der Waals surface area contributed by atoms with Crippen LogP contribution in [0.4, 0.5) is 0 Å². The highest BCUT2D eigenvalue weighted by molar-refractivity contribution is 5.34. The Morgan fingerprint density at radius 3 is 2.89 bits per heavy atom. The van der Waals surface area contributed by atoms with E-state index in [1.807, 2.05) is 50.2 Å². The molecule has 0 fully saturated rings. The first-order chi connectivity index (χ1) is 8.76. The first-order valence-corrected chi connectivity index (χ1v) is 6.12. The summed E-state index contributed by atoms with van der Waals surface area (Å²) in [5.41, 5.74) is 2.30. The molecule has 0 radical (unpaired) electrons. The highest BCUT2D eigenvalue weighted by atomic mass is 16.5. The molecular formula is C14H19N3O. The van der Waals surface area contributed by atoms with E-state index in [2.05, 4.69) is 22.4 Å². The van der Waals surface area contributed by atoms with Crippen LogP contribution in [0, 0.1) is 0 Å². The molecule has 1 atom stereocenters. The summed E-state index contributed by atoms with van der Waals surface area (Å²) in [7, 11) is 3.95. The molecule has 2 rings (SSSR count). The molecule has 2 aromatic rings. The van der Waals surface area contributed by atoms with Crippen LogP contribution in [0.2, 0.25) is 0 Å². The Bertz CT molecular complexity index is 507. The average molecular weight is 245 g/mol. The summed E-state index contributed by atoms with van der Waals surface area (Å²) in [6.07, 6.45) is 3.70. The normalized spacial score (nSPS) is 12.4. The number of rotatable bonds is 5. The lowest BCUT2D eigenvalue weighted by Crippen LogP contribution is -2.20. The summed E-state index contributed by atoms with van der Waals surface area (Å²) in [5.74, 6) is 0.900. The lowest BCUT2D eigenvalue weighted by molar-refractivity contribution is 0.339. The fourth-order valence-electron chi connectivity index (χ4n) is 2.08. The Morgan fingerprint density at radius 1 is 1.44 bits per heavy atom. The van der Waals surface area contributed by atoms with E-state index >= 15 is 0 Å². The van der Waals surface area contributed by atoms with Crippen molar-refractivity contribution >= 4 is 0 Å². The van der Waals surface area contributed by atoms with Crippen LogP contribution in [0.25, 0.3) is 0 Å². The minimum atomic E-state index is 0.123. The van der Waals surface area contributed by atoms with E-state index in [0.29, 0.717) is 6.61 Å². The van der Waals surface area contributed by atoms with Gasteiger partial charge in [-0.05, 0) is 31.7 Å². The number of imidazole rings is 1. The number of nitrogens with zero attached hydrogens (tertiary/aromatic N) is 2. The van der Waals surface area contributed by atoms with Crippen LogP contribution in [0.5, 0.6) is 5.75 Å². The molecule has 0 spiro atoms. The summed E-state index contributed by atoms with van der Waals surface area (Å²) in [4.78, 5) is 4.17. The van der Waals surface area contributed by atoms with Crippen molar-refractivity contribution in [2.45, 2.75) is 13.0 Å². The van der Waals surface area contributed by atoms with Crippen molar-refractivity contribution in [3.05, 3.63) is 48.0 Å². The zero-order valence-corrected chi connectivity index (χ0v) is 11.1. The van der Waals surface area contributed by atoms with Gasteiger partial charge in [0.2, 0.25) is 0 Å². The quantitative estimate of drug-likeness (QED) is 0.877. The van der Waals surface area contributed by atoms with E-state index < -0.39 is 0 Å². The van der Waals surface area contributed by atoms with Gasteiger partial charge in [0.25, 0.3) is 0 Å². The van der Waals surface area contributed by atoms with Gasteiger partial charge < -0.3 is 14.6 Å². The van der Waals surface area contributed by atoms with Gasteiger partial charge in [0.15, 0.2) is 0 Å². The number of hydrogen-bond donors (Lipinski definition) is 1. The SMILES string of the molecule is CCOc1cccc(C(NC)c2cncn2C)c1. The van der Waals surface area contributed by atoms with E-state index in [1.165, 1.54) is 5.56 Å². The topological polar surface area (TPSA) is 39.1 Å². The van der Waals surface area contributed by atoms with Crippen molar-refractivity contribution in [1.29, 1.82) is 0 Å². The highest BCUT2D eigenvalue weighted by Gasteiger charge is 2.15. The second-order valence-corrected chi connectivity index (χ2v) is 4.16. The fraction of sp³-hybridized carbons (Fsp3) is 0.357. The molecule has 1 N–H and O–H groups in total. The molecule has 1 aromatic heterocycles. The number of benzene rings is 1. The van der Waals surface area contributed by atoms with E-state index in [4.69, 9.17) is 4.74 Å². The third-order valence-corrected chi connectivity index (χ3v) is 2.94. The number of aromatic nitrogens is 2. The van der Waals surface area contributed by atoms with Crippen LogP contribution in [0.3, 0.4) is 0 Å². The zero-order chi connectivity index (χ0) is 13.0. The molecule has 1 unspecified atom stereocenters. The Balaban J connectivity index is 2.33. The highest BCUT2D eigenvalue weighted by Crippen LogP contribution is 2.24. The van der Waals surface area contributed by atoms with Gasteiger partial charge in [-0.25, -0.2) is 4.98 Å². The monoisotopic (exact) mass is 245 g/mol. The summed E-state index contributed by atoms with van der Waals surface area (Å²) < 4.78 is 7.56. The van der Waals surface area contributed by atoms with Crippen molar-refractivity contribution in [3.8, 4) is 5.75 Å². The van der Waals surface area contributed by atoms with E-state index in [-0.39, 0.29) is 6.04 Å². The summed E-state index contributed by atoms with van der Waals surface area (Å²) >= 11 is 0. The maximum atomic E-state index is 5.54. The van der Waals surface area contributed by atoms with Crippen molar-refractivity contribution in [1.82, 2.24) is 14.9 Å². The standard InChI is InChI=1S/C14H19N3O/c1-4-18-12-7-5-6-11(8-12)14(15-2)13-9-16-10-17(13)3/h5-10,14-15H,4H2,1-3H3. The van der Waals surface area contributed by atoms with Gasteiger partial charge >= 0.3 is 0 Å². The molecule has 1 aromatic carbocycles. The van der Waals surface area contributed by atoms with Crippen molar-refractivity contribution in [2.24, 2.45) is 7.05 Å². The van der Waals surface area contributed by atoms with Crippen LogP contribution in [-0.2, 0) is 7.05 Å². The Kier molecular flexibility index (Phi) is 3.99. The second-order valence-electron chi connectivity index (χ2n) is 4.16. The molecule has 0 aliphatic heterocycles. The molecule has 0 bridgehead atoms. The van der Waals surface area contributed by atoms with Gasteiger partial charge in [-0.15, -0.1) is 0 Å². The second kappa shape index (κ2) is 5.69. The molecule has 0 aliphatic carbocycles. The Morgan fingerprint density at radius 2 is 2.28 bits per heavy atom. The van der Waals surface area contributed by atoms with Gasteiger partial charge in [-0.1, -0.05) is 12.1 Å². The first kappa shape index (κ1) is 12.6. The first-order valence-electron chi connectivity index (χ1n) is 6.12. The third kappa shape index (κ3) is 2.54. The molecular weight excluding hydrogens is 226 g/mol. The predicted molar refractivity (Wildman–Crippen MR) is 71.7 cm³/mol. The van der Waals surface area contributed by atoms with Gasteiger partial charge in [0.05, 0.1) is 30.9 Å². The minimum Gasteiger partial charge on any atom is -0.494 e. The Hall–Kier alpha value is -1.81. The molecule has 4 heteroatoms. The fourth-order valence-corrected chi connectivity index (χ4v) is 2.08. The maximum Gasteiger partial charge on any atom is 0.119 e. The third-order valence-electron chi connectivity index (χ3n) is 2.94. The molecule has 0 amide bonds. The smallest absolute Gasteiger partial charge is 0.119 e. The number of ether oxygens (including phenoxy) is 1.